The molecule has 1 aliphatic rings. The lowest BCUT2D eigenvalue weighted by Gasteiger charge is -2.31. The fraction of sp³-hybridized carbons (Fsp3) is 0.588. The predicted octanol–water partition coefficient (Wildman–Crippen LogP) is 0.603. The van der Waals surface area contributed by atoms with Gasteiger partial charge in [0.05, 0.1) is 24.2 Å². The maximum atomic E-state index is 12.4. The maximum absolute atomic E-state index is 12.4. The molecule has 26 heavy (non-hydrogen) atoms. The van der Waals surface area contributed by atoms with Crippen LogP contribution in [-0.4, -0.2) is 59.6 Å². The Labute approximate surface area is 155 Å². The first-order valence-corrected chi connectivity index (χ1v) is 10.3. The van der Waals surface area contributed by atoms with E-state index in [0.717, 1.165) is 38.9 Å². The number of nitrogens with zero attached hydrogens (tertiary/aromatic N) is 1. The zero-order valence-corrected chi connectivity index (χ0v) is 16.1. The highest BCUT2D eigenvalue weighted by Gasteiger charge is 2.21. The van der Waals surface area contributed by atoms with Gasteiger partial charge >= 0.3 is 0 Å². The van der Waals surface area contributed by atoms with Crippen LogP contribution in [0.3, 0.4) is 0 Å². The number of benzene rings is 1. The zero-order chi connectivity index (χ0) is 19.2. The molecule has 1 aromatic rings. The Balaban J connectivity index is 1.94. The lowest BCUT2D eigenvalue weighted by Crippen LogP contribution is -2.39. The quantitative estimate of drug-likeness (QED) is 0.605. The van der Waals surface area contributed by atoms with Crippen LogP contribution in [0.2, 0.25) is 0 Å². The third-order valence-corrected chi connectivity index (χ3v) is 5.56. The lowest BCUT2D eigenvalue weighted by atomic mass is 9.93. The van der Waals surface area contributed by atoms with Gasteiger partial charge in [0.2, 0.25) is 15.9 Å². The first-order chi connectivity index (χ1) is 12.3. The Morgan fingerprint density at radius 1 is 1.35 bits per heavy atom. The van der Waals surface area contributed by atoms with Gasteiger partial charge in [-0.15, -0.1) is 0 Å². The first kappa shape index (κ1) is 20.6. The molecule has 0 radical (unpaired) electrons. The van der Waals surface area contributed by atoms with Crippen molar-refractivity contribution >= 4 is 21.6 Å². The monoisotopic (exact) mass is 384 g/mol. The van der Waals surface area contributed by atoms with Crippen LogP contribution >= 0.6 is 0 Å². The van der Waals surface area contributed by atoms with Crippen LogP contribution in [0.1, 0.15) is 19.3 Å². The molecule has 1 aromatic carbocycles. The van der Waals surface area contributed by atoms with Gasteiger partial charge in [0.1, 0.15) is 5.75 Å². The fourth-order valence-electron chi connectivity index (χ4n) is 3.14. The Kier molecular flexibility index (Phi) is 7.39. The second-order valence-corrected chi connectivity index (χ2v) is 8.13. The van der Waals surface area contributed by atoms with E-state index in [1.54, 1.807) is 0 Å². The molecule has 1 fully saturated rings. The molecule has 1 aliphatic heterocycles. The van der Waals surface area contributed by atoms with E-state index in [1.807, 2.05) is 7.05 Å². The van der Waals surface area contributed by atoms with Crippen LogP contribution in [0.15, 0.2) is 23.1 Å². The van der Waals surface area contributed by atoms with Crippen molar-refractivity contribution in [3.8, 4) is 5.75 Å². The molecule has 8 nitrogen and oxygen atoms in total. The van der Waals surface area contributed by atoms with Crippen LogP contribution in [0, 0.1) is 5.92 Å². The molecule has 0 aromatic heterocycles. The number of nitrogens with two attached hydrogens (primary N) is 1. The second-order valence-electron chi connectivity index (χ2n) is 6.57. The number of amides is 1. The third-order valence-electron chi connectivity index (χ3n) is 4.65. The summed E-state index contributed by atoms with van der Waals surface area (Å²) in [6.07, 6.45) is 3.33. The van der Waals surface area contributed by atoms with Crippen molar-refractivity contribution < 1.29 is 17.9 Å². The number of methoxy groups -OCH3 is 1. The molecule has 1 saturated heterocycles. The summed E-state index contributed by atoms with van der Waals surface area (Å²) in [5.74, 6) is 0.883. The summed E-state index contributed by atoms with van der Waals surface area (Å²) >= 11 is 0. The molecule has 0 atom stereocenters. The molecule has 2 rings (SSSR count). The van der Waals surface area contributed by atoms with E-state index in [-0.39, 0.29) is 17.3 Å². The Bertz CT molecular complexity index is 715. The molecular formula is C17H28N4O4S. The highest BCUT2D eigenvalue weighted by molar-refractivity contribution is 7.89. The van der Waals surface area contributed by atoms with Crippen LogP contribution in [0.5, 0.6) is 5.75 Å². The number of likely N-dealkylation sites (tertiary alicyclic amines) is 1. The SMILES string of the molecule is CNCCC1CCN(CC(=O)Nc2cc(S(N)(=O)=O)ccc2OC)CC1. The van der Waals surface area contributed by atoms with Gasteiger partial charge in [0, 0.05) is 0 Å². The van der Waals surface area contributed by atoms with E-state index >= 15 is 0 Å². The summed E-state index contributed by atoms with van der Waals surface area (Å²) in [5, 5.41) is 11.1. The number of rotatable bonds is 8. The van der Waals surface area contributed by atoms with Crippen LogP contribution in [-0.2, 0) is 14.8 Å². The number of piperidine rings is 1. The summed E-state index contributed by atoms with van der Waals surface area (Å²) < 4.78 is 28.2. The van der Waals surface area contributed by atoms with Crippen molar-refractivity contribution in [2.45, 2.75) is 24.2 Å². The van der Waals surface area contributed by atoms with Gasteiger partial charge in [-0.2, -0.15) is 0 Å². The molecule has 0 bridgehead atoms. The molecule has 0 unspecified atom stereocenters. The summed E-state index contributed by atoms with van der Waals surface area (Å²) in [6.45, 7) is 3.05. The summed E-state index contributed by atoms with van der Waals surface area (Å²) in [4.78, 5) is 14.4. The smallest absolute Gasteiger partial charge is 0.238 e. The number of carbonyl (C=O) groups is 1. The molecule has 4 N–H and O–H groups in total. The van der Waals surface area contributed by atoms with E-state index in [1.165, 1.54) is 25.3 Å². The van der Waals surface area contributed by atoms with Crippen LogP contribution < -0.4 is 20.5 Å². The topological polar surface area (TPSA) is 114 Å². The number of sulfonamides is 1. The molecule has 1 heterocycles. The van der Waals surface area contributed by atoms with Crippen molar-refractivity contribution in [3.63, 3.8) is 0 Å². The number of primary sulfonamides is 1. The standard InChI is InChI=1S/C17H28N4O4S/c1-19-8-5-13-6-9-21(10-7-13)12-17(22)20-15-11-14(26(18,23)24)3-4-16(15)25-2/h3-4,11,13,19H,5-10,12H2,1-2H3,(H,20,22)(H2,18,23,24). The molecule has 0 spiro atoms. The zero-order valence-electron chi connectivity index (χ0n) is 15.3. The van der Waals surface area contributed by atoms with E-state index in [0.29, 0.717) is 17.4 Å². The predicted molar refractivity (Wildman–Crippen MR) is 101 cm³/mol. The second kappa shape index (κ2) is 9.31. The van der Waals surface area contributed by atoms with Crippen molar-refractivity contribution in [1.82, 2.24) is 10.2 Å². The summed E-state index contributed by atoms with van der Waals surface area (Å²) in [5.41, 5.74) is 0.299. The van der Waals surface area contributed by atoms with E-state index < -0.39 is 10.0 Å². The van der Waals surface area contributed by atoms with Crippen LogP contribution in [0.4, 0.5) is 5.69 Å². The average Bonchev–Trinajstić information content (AvgIpc) is 2.60. The number of anilines is 1. The molecule has 9 heteroatoms. The molecule has 146 valence electrons. The van der Waals surface area contributed by atoms with Crippen molar-refractivity contribution in [2.75, 3.05) is 45.7 Å². The summed E-state index contributed by atoms with van der Waals surface area (Å²) in [7, 11) is -0.437. The number of carbonyl (C=O) groups excluding carboxylic acids is 1. The minimum absolute atomic E-state index is 0.0704. The van der Waals surface area contributed by atoms with Gasteiger partial charge in [-0.3, -0.25) is 9.69 Å². The van der Waals surface area contributed by atoms with Gasteiger partial charge in [-0.05, 0) is 70.1 Å². The van der Waals surface area contributed by atoms with Gasteiger partial charge in [0.15, 0.2) is 0 Å². The Morgan fingerprint density at radius 2 is 2.04 bits per heavy atom. The van der Waals surface area contributed by atoms with Crippen molar-refractivity contribution in [3.05, 3.63) is 18.2 Å². The number of ether oxygens (including phenoxy) is 1. The molecule has 0 saturated carbocycles. The van der Waals surface area contributed by atoms with E-state index in [4.69, 9.17) is 9.88 Å². The number of nitrogens with one attached hydrogen (secondary N) is 2. The average molecular weight is 385 g/mol. The maximum Gasteiger partial charge on any atom is 0.238 e. The minimum Gasteiger partial charge on any atom is -0.495 e. The van der Waals surface area contributed by atoms with Crippen molar-refractivity contribution in [2.24, 2.45) is 11.1 Å². The van der Waals surface area contributed by atoms with Gasteiger partial charge in [-0.1, -0.05) is 0 Å². The largest absolute Gasteiger partial charge is 0.495 e. The minimum atomic E-state index is -3.85. The highest BCUT2D eigenvalue weighted by Crippen LogP contribution is 2.27. The third kappa shape index (κ3) is 5.94. The fourth-order valence-corrected chi connectivity index (χ4v) is 3.68. The van der Waals surface area contributed by atoms with Gasteiger partial charge in [-0.25, -0.2) is 13.6 Å². The van der Waals surface area contributed by atoms with E-state index in [9.17, 15) is 13.2 Å². The molecular weight excluding hydrogens is 356 g/mol. The first-order valence-electron chi connectivity index (χ1n) is 8.71. The number of hydrogen-bond donors (Lipinski definition) is 3. The van der Waals surface area contributed by atoms with Gasteiger partial charge < -0.3 is 15.4 Å². The normalized spacial score (nSPS) is 16.4. The van der Waals surface area contributed by atoms with Gasteiger partial charge in [0.25, 0.3) is 0 Å². The highest BCUT2D eigenvalue weighted by atomic mass is 32.2. The Morgan fingerprint density at radius 3 is 2.62 bits per heavy atom. The number of hydrogen-bond acceptors (Lipinski definition) is 6. The molecule has 0 aliphatic carbocycles. The van der Waals surface area contributed by atoms with Crippen LogP contribution in [0.25, 0.3) is 0 Å². The summed E-state index contributed by atoms with van der Waals surface area (Å²) in [6, 6.07) is 4.14. The Hall–Kier alpha value is -1.68. The van der Waals surface area contributed by atoms with Crippen molar-refractivity contribution in [1.29, 1.82) is 0 Å². The van der Waals surface area contributed by atoms with E-state index in [2.05, 4.69) is 15.5 Å². The molecule has 1 amide bonds. The lowest BCUT2D eigenvalue weighted by molar-refractivity contribution is -0.117.